The van der Waals surface area contributed by atoms with Crippen molar-refractivity contribution in [1.29, 1.82) is 0 Å². The maximum Gasteiger partial charge on any atom is 0.267 e. The third kappa shape index (κ3) is 5.62. The molecule has 0 bridgehead atoms. The molecule has 2 saturated heterocycles. The maximum atomic E-state index is 13.9. The number of anilines is 2. The van der Waals surface area contributed by atoms with Crippen molar-refractivity contribution in [3.8, 4) is 0 Å². The maximum absolute atomic E-state index is 13.9. The van der Waals surface area contributed by atoms with Crippen molar-refractivity contribution >= 4 is 69.0 Å². The largest absolute Gasteiger partial charge is 0.368 e. The lowest BCUT2D eigenvalue weighted by atomic mass is 10.1. The van der Waals surface area contributed by atoms with Gasteiger partial charge in [0.15, 0.2) is 0 Å². The van der Waals surface area contributed by atoms with E-state index in [2.05, 4.69) is 15.9 Å². The van der Waals surface area contributed by atoms with Crippen LogP contribution in [-0.2, 0) is 11.2 Å². The van der Waals surface area contributed by atoms with Crippen LogP contribution in [0, 0.1) is 6.92 Å². The summed E-state index contributed by atoms with van der Waals surface area (Å²) in [5.74, 6) is 0.408. The molecular weight excluding hydrogens is 574 g/mol. The molecule has 0 radical (unpaired) electrons. The molecule has 0 N–H and O–H groups in total. The fourth-order valence-corrected chi connectivity index (χ4v) is 6.70. The van der Waals surface area contributed by atoms with Crippen molar-refractivity contribution in [2.45, 2.75) is 13.3 Å². The third-order valence-electron chi connectivity index (χ3n) is 7.43. The summed E-state index contributed by atoms with van der Waals surface area (Å²) >= 11 is 13.0. The first-order valence-corrected chi connectivity index (χ1v) is 15.1. The summed E-state index contributed by atoms with van der Waals surface area (Å²) < 4.78 is 2.06. The lowest BCUT2D eigenvalue weighted by Gasteiger charge is -2.37. The number of thiocarbonyl (C=S) groups is 1. The molecule has 0 spiro atoms. The summed E-state index contributed by atoms with van der Waals surface area (Å²) in [5, 5.41) is 0.702. The fourth-order valence-electron chi connectivity index (χ4n) is 5.23. The number of piperazine rings is 1. The number of thioether (sulfide) groups is 1. The predicted octanol–water partition coefficient (Wildman–Crippen LogP) is 5.43. The number of benzene rings is 2. The van der Waals surface area contributed by atoms with E-state index in [1.54, 1.807) is 21.6 Å². The van der Waals surface area contributed by atoms with Gasteiger partial charge < -0.3 is 9.80 Å². The van der Waals surface area contributed by atoms with Crippen molar-refractivity contribution in [2.75, 3.05) is 42.5 Å². The number of aryl methyl sites for hydroxylation is 1. The van der Waals surface area contributed by atoms with E-state index in [0.29, 0.717) is 57.3 Å². The van der Waals surface area contributed by atoms with Crippen molar-refractivity contribution in [3.05, 3.63) is 110 Å². The van der Waals surface area contributed by atoms with Gasteiger partial charge in [-0.25, -0.2) is 4.98 Å². The van der Waals surface area contributed by atoms with Gasteiger partial charge >= 0.3 is 0 Å². The second-order valence-corrected chi connectivity index (χ2v) is 12.2. The third-order valence-corrected chi connectivity index (χ3v) is 9.05. The molecule has 0 aliphatic carbocycles. The number of amides is 1. The van der Waals surface area contributed by atoms with Gasteiger partial charge in [-0.15, -0.1) is 0 Å². The topological polar surface area (TPSA) is 61.2 Å². The highest BCUT2D eigenvalue weighted by atomic mass is 35.5. The number of rotatable bonds is 6. The Morgan fingerprint density at radius 2 is 1.73 bits per heavy atom. The Labute approximate surface area is 253 Å². The quantitative estimate of drug-likeness (QED) is 0.216. The molecule has 0 saturated carbocycles. The Kier molecular flexibility index (Phi) is 7.84. The molecule has 0 unspecified atom stereocenters. The average Bonchev–Trinajstić information content (AvgIpc) is 3.25. The summed E-state index contributed by atoms with van der Waals surface area (Å²) in [6.45, 7) is 5.25. The van der Waals surface area contributed by atoms with Crippen LogP contribution in [0.3, 0.4) is 0 Å². The normalized spacial score (nSPS) is 16.8. The first-order valence-electron chi connectivity index (χ1n) is 13.5. The molecule has 2 aromatic carbocycles. The zero-order valence-corrected chi connectivity index (χ0v) is 24.9. The number of nitrogens with zero attached hydrogens (tertiary/aromatic N) is 5. The van der Waals surface area contributed by atoms with Crippen LogP contribution in [0.5, 0.6) is 0 Å². The number of carbonyl (C=O) groups excluding carboxylic acids is 1. The Hall–Kier alpha value is -3.66. The number of hydrogen-bond donors (Lipinski definition) is 0. The average molecular weight is 602 g/mol. The van der Waals surface area contributed by atoms with Gasteiger partial charge in [-0.2, -0.15) is 0 Å². The zero-order chi connectivity index (χ0) is 28.5. The van der Waals surface area contributed by atoms with Crippen LogP contribution in [0.4, 0.5) is 11.5 Å². The minimum absolute atomic E-state index is 0.179. The standard InChI is InChI=1S/C31H28ClN5O2S2/c1-21-7-6-13-36-27(21)33-28(35-17-15-34(16-18-35)24-11-5-10-23(32)19-24)25(29(36)38)20-26-30(39)37(31(40)41-26)14-12-22-8-3-2-4-9-22/h2-11,13,19-20H,12,14-18H2,1H3. The fraction of sp³-hybridized carbons (Fsp3) is 0.226. The number of carbonyl (C=O) groups is 1. The summed E-state index contributed by atoms with van der Waals surface area (Å²) in [7, 11) is 0. The van der Waals surface area contributed by atoms with E-state index in [1.807, 2.05) is 67.6 Å². The molecule has 7 nitrogen and oxygen atoms in total. The molecule has 4 heterocycles. The Balaban J connectivity index is 1.32. The Morgan fingerprint density at radius 1 is 0.976 bits per heavy atom. The van der Waals surface area contributed by atoms with Gasteiger partial charge in [-0.05, 0) is 54.8 Å². The Bertz CT molecular complexity index is 1730. The molecular formula is C31H28ClN5O2S2. The van der Waals surface area contributed by atoms with Crippen molar-refractivity contribution in [1.82, 2.24) is 14.3 Å². The number of halogens is 1. The minimum atomic E-state index is -0.208. The SMILES string of the molecule is Cc1cccn2c(=O)c(C=C3SC(=S)N(CCc4ccccc4)C3=O)c(N3CCN(c4cccc(Cl)c4)CC3)nc12. The molecule has 10 heteroatoms. The number of pyridine rings is 1. The molecule has 0 atom stereocenters. The van der Waals surface area contributed by atoms with Crippen LogP contribution >= 0.6 is 35.6 Å². The van der Waals surface area contributed by atoms with Crippen LogP contribution in [0.25, 0.3) is 11.7 Å². The highest BCUT2D eigenvalue weighted by molar-refractivity contribution is 8.26. The molecule has 2 aliphatic heterocycles. The van der Waals surface area contributed by atoms with Gasteiger partial charge in [0, 0.05) is 49.6 Å². The number of fused-ring (bicyclic) bond motifs is 1. The van der Waals surface area contributed by atoms with Crippen LogP contribution < -0.4 is 15.4 Å². The van der Waals surface area contributed by atoms with E-state index >= 15 is 0 Å². The number of aromatic nitrogens is 2. The van der Waals surface area contributed by atoms with Gasteiger partial charge in [0.2, 0.25) is 0 Å². The van der Waals surface area contributed by atoms with Crippen molar-refractivity contribution in [3.63, 3.8) is 0 Å². The van der Waals surface area contributed by atoms with Crippen molar-refractivity contribution in [2.24, 2.45) is 0 Å². The first-order chi connectivity index (χ1) is 19.9. The second kappa shape index (κ2) is 11.7. The first kappa shape index (κ1) is 27.5. The van der Waals surface area contributed by atoms with E-state index in [-0.39, 0.29) is 11.5 Å². The summed E-state index contributed by atoms with van der Waals surface area (Å²) in [5.41, 5.74) is 3.91. The van der Waals surface area contributed by atoms with Crippen LogP contribution in [0.1, 0.15) is 16.7 Å². The summed E-state index contributed by atoms with van der Waals surface area (Å²) in [4.78, 5) is 38.8. The lowest BCUT2D eigenvalue weighted by Crippen LogP contribution is -2.47. The van der Waals surface area contributed by atoms with E-state index < -0.39 is 0 Å². The van der Waals surface area contributed by atoms with Gasteiger partial charge in [-0.1, -0.05) is 78.0 Å². The molecule has 4 aromatic rings. The second-order valence-electron chi connectivity index (χ2n) is 10.1. The van der Waals surface area contributed by atoms with E-state index in [0.717, 1.165) is 29.9 Å². The lowest BCUT2D eigenvalue weighted by molar-refractivity contribution is -0.122. The Morgan fingerprint density at radius 3 is 2.49 bits per heavy atom. The van der Waals surface area contributed by atoms with Gasteiger partial charge in [0.05, 0.1) is 10.5 Å². The van der Waals surface area contributed by atoms with Gasteiger partial charge in [-0.3, -0.25) is 18.9 Å². The zero-order valence-electron chi connectivity index (χ0n) is 22.5. The predicted molar refractivity (Wildman–Crippen MR) is 172 cm³/mol. The van der Waals surface area contributed by atoms with E-state index in [4.69, 9.17) is 28.8 Å². The smallest absolute Gasteiger partial charge is 0.267 e. The molecule has 2 aliphatic rings. The van der Waals surface area contributed by atoms with Crippen LogP contribution in [-0.4, -0.2) is 57.2 Å². The monoisotopic (exact) mass is 601 g/mol. The van der Waals surface area contributed by atoms with Crippen LogP contribution in [0.2, 0.25) is 5.02 Å². The molecule has 41 heavy (non-hydrogen) atoms. The minimum Gasteiger partial charge on any atom is -0.368 e. The highest BCUT2D eigenvalue weighted by Gasteiger charge is 2.33. The van der Waals surface area contributed by atoms with Gasteiger partial charge in [0.25, 0.3) is 11.5 Å². The van der Waals surface area contributed by atoms with E-state index in [9.17, 15) is 9.59 Å². The number of hydrogen-bond acceptors (Lipinski definition) is 7. The molecule has 6 rings (SSSR count). The molecule has 208 valence electrons. The highest BCUT2D eigenvalue weighted by Crippen LogP contribution is 2.34. The summed E-state index contributed by atoms with van der Waals surface area (Å²) in [6.07, 6.45) is 4.10. The molecule has 1 amide bonds. The molecule has 2 fully saturated rings. The van der Waals surface area contributed by atoms with Crippen LogP contribution in [0.15, 0.2) is 82.6 Å². The van der Waals surface area contributed by atoms with Gasteiger partial charge in [0.1, 0.15) is 15.8 Å². The molecule has 2 aromatic heterocycles. The van der Waals surface area contributed by atoms with E-state index in [1.165, 1.54) is 11.8 Å². The summed E-state index contributed by atoms with van der Waals surface area (Å²) in [6, 6.07) is 21.6. The van der Waals surface area contributed by atoms with Crippen molar-refractivity contribution < 1.29 is 4.79 Å².